The minimum Gasteiger partial charge on any atom is -0.478 e. The van der Waals surface area contributed by atoms with Crippen LogP contribution in [0.1, 0.15) is 21.5 Å². The van der Waals surface area contributed by atoms with Crippen LogP contribution in [0.2, 0.25) is 0 Å². The number of para-hydroxylation sites is 1. The first-order chi connectivity index (χ1) is 10.1. The highest BCUT2D eigenvalue weighted by Crippen LogP contribution is 2.20. The number of amides is 2. The van der Waals surface area contributed by atoms with Crippen LogP contribution in [0.15, 0.2) is 42.7 Å². The molecule has 1 aromatic heterocycles. The molecule has 0 unspecified atom stereocenters. The van der Waals surface area contributed by atoms with Crippen molar-refractivity contribution in [3.05, 3.63) is 59.4 Å². The molecule has 0 bridgehead atoms. The van der Waals surface area contributed by atoms with E-state index in [0.29, 0.717) is 17.8 Å². The zero-order chi connectivity index (χ0) is 15.2. The molecule has 0 fully saturated rings. The predicted octanol–water partition coefficient (Wildman–Crippen LogP) is 2.41. The highest BCUT2D eigenvalue weighted by molar-refractivity contribution is 6.00. The van der Waals surface area contributed by atoms with Gasteiger partial charge in [0.25, 0.3) is 0 Å². The number of carboxylic acids is 1. The SMILES string of the molecule is Cc1cccc(C(=O)O)c1NC(=O)NCc1ccncc1. The van der Waals surface area contributed by atoms with Crippen LogP contribution in [0.5, 0.6) is 0 Å². The van der Waals surface area contributed by atoms with E-state index in [-0.39, 0.29) is 5.56 Å². The maximum absolute atomic E-state index is 11.9. The number of anilines is 1. The standard InChI is InChI=1S/C15H15N3O3/c1-10-3-2-4-12(14(19)20)13(10)18-15(21)17-9-11-5-7-16-8-6-11/h2-8H,9H2,1H3,(H,19,20)(H2,17,18,21). The van der Waals surface area contributed by atoms with Crippen LogP contribution in [-0.2, 0) is 6.54 Å². The van der Waals surface area contributed by atoms with E-state index in [4.69, 9.17) is 5.11 Å². The van der Waals surface area contributed by atoms with Gasteiger partial charge in [-0.05, 0) is 36.2 Å². The van der Waals surface area contributed by atoms with Gasteiger partial charge in [-0.15, -0.1) is 0 Å². The molecule has 1 heterocycles. The Hall–Kier alpha value is -2.89. The van der Waals surface area contributed by atoms with E-state index in [0.717, 1.165) is 5.56 Å². The van der Waals surface area contributed by atoms with Gasteiger partial charge in [0.2, 0.25) is 0 Å². The van der Waals surface area contributed by atoms with Gasteiger partial charge in [0, 0.05) is 18.9 Å². The average molecular weight is 285 g/mol. The van der Waals surface area contributed by atoms with E-state index >= 15 is 0 Å². The second kappa shape index (κ2) is 6.51. The number of aromatic nitrogens is 1. The van der Waals surface area contributed by atoms with Crippen LogP contribution in [0.25, 0.3) is 0 Å². The summed E-state index contributed by atoms with van der Waals surface area (Å²) in [5, 5.41) is 14.4. The molecule has 1 aromatic carbocycles. The fourth-order valence-electron chi connectivity index (χ4n) is 1.85. The van der Waals surface area contributed by atoms with Gasteiger partial charge in [-0.3, -0.25) is 4.98 Å². The lowest BCUT2D eigenvalue weighted by Gasteiger charge is -2.12. The number of rotatable bonds is 4. The molecule has 0 saturated carbocycles. The van der Waals surface area contributed by atoms with E-state index in [1.165, 1.54) is 6.07 Å². The first-order valence-corrected chi connectivity index (χ1v) is 6.34. The van der Waals surface area contributed by atoms with Crippen molar-refractivity contribution in [1.82, 2.24) is 10.3 Å². The quantitative estimate of drug-likeness (QED) is 0.804. The van der Waals surface area contributed by atoms with E-state index in [2.05, 4.69) is 15.6 Å². The molecular weight excluding hydrogens is 270 g/mol. The number of aryl methyl sites for hydroxylation is 1. The number of carbonyl (C=O) groups is 2. The average Bonchev–Trinajstić information content (AvgIpc) is 2.48. The van der Waals surface area contributed by atoms with E-state index in [1.54, 1.807) is 43.6 Å². The van der Waals surface area contributed by atoms with Crippen molar-refractivity contribution in [2.24, 2.45) is 0 Å². The fourth-order valence-corrected chi connectivity index (χ4v) is 1.85. The Labute approximate surface area is 121 Å². The van der Waals surface area contributed by atoms with Crippen LogP contribution in [-0.4, -0.2) is 22.1 Å². The molecule has 0 spiro atoms. The van der Waals surface area contributed by atoms with Crippen LogP contribution in [0, 0.1) is 6.92 Å². The lowest BCUT2D eigenvalue weighted by atomic mass is 10.1. The third kappa shape index (κ3) is 3.79. The molecule has 0 aliphatic heterocycles. The largest absolute Gasteiger partial charge is 0.478 e. The third-order valence-electron chi connectivity index (χ3n) is 2.94. The maximum Gasteiger partial charge on any atom is 0.337 e. The van der Waals surface area contributed by atoms with Crippen molar-refractivity contribution < 1.29 is 14.7 Å². The topological polar surface area (TPSA) is 91.3 Å². The molecule has 6 heteroatoms. The number of urea groups is 1. The van der Waals surface area contributed by atoms with Crippen molar-refractivity contribution in [2.45, 2.75) is 13.5 Å². The summed E-state index contributed by atoms with van der Waals surface area (Å²) in [6, 6.07) is 7.95. The molecular formula is C15H15N3O3. The zero-order valence-corrected chi connectivity index (χ0v) is 11.5. The predicted molar refractivity (Wildman–Crippen MR) is 78.2 cm³/mol. The lowest BCUT2D eigenvalue weighted by molar-refractivity contribution is 0.0698. The molecule has 0 aliphatic rings. The van der Waals surface area contributed by atoms with Crippen molar-refractivity contribution in [2.75, 3.05) is 5.32 Å². The summed E-state index contributed by atoms with van der Waals surface area (Å²) < 4.78 is 0. The maximum atomic E-state index is 11.9. The number of aromatic carboxylic acids is 1. The third-order valence-corrected chi connectivity index (χ3v) is 2.94. The Morgan fingerprint density at radius 3 is 2.57 bits per heavy atom. The van der Waals surface area contributed by atoms with E-state index < -0.39 is 12.0 Å². The van der Waals surface area contributed by atoms with E-state index in [9.17, 15) is 9.59 Å². The highest BCUT2D eigenvalue weighted by Gasteiger charge is 2.14. The van der Waals surface area contributed by atoms with Crippen LogP contribution >= 0.6 is 0 Å². The molecule has 2 amide bonds. The summed E-state index contributed by atoms with van der Waals surface area (Å²) in [6.07, 6.45) is 3.28. The van der Waals surface area contributed by atoms with Gasteiger partial charge in [0.05, 0.1) is 11.3 Å². The second-order valence-corrected chi connectivity index (χ2v) is 4.47. The first kappa shape index (κ1) is 14.5. The molecule has 3 N–H and O–H groups in total. The van der Waals surface area contributed by atoms with Crippen molar-refractivity contribution >= 4 is 17.7 Å². The van der Waals surface area contributed by atoms with Gasteiger partial charge >= 0.3 is 12.0 Å². The van der Waals surface area contributed by atoms with E-state index in [1.807, 2.05) is 0 Å². The van der Waals surface area contributed by atoms with Crippen LogP contribution in [0.3, 0.4) is 0 Å². The lowest BCUT2D eigenvalue weighted by Crippen LogP contribution is -2.29. The number of pyridine rings is 1. The molecule has 0 aliphatic carbocycles. The summed E-state index contributed by atoms with van der Waals surface area (Å²) in [4.78, 5) is 26.9. The number of carbonyl (C=O) groups excluding carboxylic acids is 1. The molecule has 0 saturated heterocycles. The number of carboxylic acid groups (broad SMARTS) is 1. The smallest absolute Gasteiger partial charge is 0.337 e. The minimum absolute atomic E-state index is 0.0639. The molecule has 21 heavy (non-hydrogen) atoms. The molecule has 0 radical (unpaired) electrons. The van der Waals surface area contributed by atoms with Crippen molar-refractivity contribution in [1.29, 1.82) is 0 Å². The normalized spacial score (nSPS) is 9.95. The number of benzene rings is 1. The van der Waals surface area contributed by atoms with Gasteiger partial charge in [0.15, 0.2) is 0 Å². The zero-order valence-electron chi connectivity index (χ0n) is 11.5. The monoisotopic (exact) mass is 285 g/mol. The fraction of sp³-hybridized carbons (Fsp3) is 0.133. The molecule has 0 atom stereocenters. The van der Waals surface area contributed by atoms with Crippen molar-refractivity contribution in [3.8, 4) is 0 Å². The Morgan fingerprint density at radius 1 is 1.19 bits per heavy atom. The Balaban J connectivity index is 2.05. The number of hydrogen-bond acceptors (Lipinski definition) is 3. The van der Waals surface area contributed by atoms with Crippen LogP contribution in [0.4, 0.5) is 10.5 Å². The first-order valence-electron chi connectivity index (χ1n) is 6.34. The van der Waals surface area contributed by atoms with Crippen LogP contribution < -0.4 is 10.6 Å². The summed E-state index contributed by atoms with van der Waals surface area (Å²) >= 11 is 0. The van der Waals surface area contributed by atoms with Gasteiger partial charge in [-0.1, -0.05) is 12.1 Å². The molecule has 108 valence electrons. The van der Waals surface area contributed by atoms with Gasteiger partial charge in [-0.25, -0.2) is 9.59 Å². The van der Waals surface area contributed by atoms with Gasteiger partial charge in [0.1, 0.15) is 0 Å². The molecule has 2 rings (SSSR count). The van der Waals surface area contributed by atoms with Gasteiger partial charge < -0.3 is 15.7 Å². The highest BCUT2D eigenvalue weighted by atomic mass is 16.4. The second-order valence-electron chi connectivity index (χ2n) is 4.47. The summed E-state index contributed by atoms with van der Waals surface area (Å²) in [6.45, 7) is 2.08. The van der Waals surface area contributed by atoms with Gasteiger partial charge in [-0.2, -0.15) is 0 Å². The Bertz CT molecular complexity index is 656. The number of hydrogen-bond donors (Lipinski definition) is 3. The Kier molecular flexibility index (Phi) is 4.50. The number of nitrogens with one attached hydrogen (secondary N) is 2. The number of nitrogens with zero attached hydrogens (tertiary/aromatic N) is 1. The summed E-state index contributed by atoms with van der Waals surface area (Å²) in [5.74, 6) is -1.08. The molecule has 6 nitrogen and oxygen atoms in total. The summed E-state index contributed by atoms with van der Waals surface area (Å²) in [5.41, 5.74) is 1.96. The van der Waals surface area contributed by atoms with Crippen molar-refractivity contribution in [3.63, 3.8) is 0 Å². The molecule has 2 aromatic rings. The Morgan fingerprint density at radius 2 is 1.90 bits per heavy atom. The minimum atomic E-state index is -1.08. The summed E-state index contributed by atoms with van der Waals surface area (Å²) in [7, 11) is 0.